The van der Waals surface area contributed by atoms with Crippen LogP contribution in [0, 0.1) is 34.9 Å². The Kier molecular flexibility index (Phi) is 7.50. The van der Waals surface area contributed by atoms with Gasteiger partial charge in [0.1, 0.15) is 32.0 Å². The molecule has 0 aliphatic carbocycles. The molecule has 0 bridgehead atoms. The van der Waals surface area contributed by atoms with Crippen LogP contribution in [0.25, 0.3) is 0 Å². The number of hydrogen-bond donors (Lipinski definition) is 4. The molecule has 0 fully saturated rings. The van der Waals surface area contributed by atoms with Crippen molar-refractivity contribution in [2.75, 3.05) is 0 Å². The summed E-state index contributed by atoms with van der Waals surface area (Å²) in [4.78, 5) is 40.8. The fraction of sp³-hybridized carbons (Fsp3) is 0. The van der Waals surface area contributed by atoms with Gasteiger partial charge < -0.3 is 20.4 Å². The number of carboxylic acids is 4. The molecule has 0 unspecified atom stereocenters. The normalized spacial score (nSPS) is 10.8. The molecule has 0 amide bonds. The molecule has 33 heavy (non-hydrogen) atoms. The second-order valence-electron chi connectivity index (χ2n) is 5.50. The maximum absolute atomic E-state index is 14.3. The predicted octanol–water partition coefficient (Wildman–Crippen LogP) is 4.04. The summed E-state index contributed by atoms with van der Waals surface area (Å²) in [6, 6.07) is 0. The molecule has 0 aliphatic heterocycles. The highest BCUT2D eigenvalue weighted by Crippen LogP contribution is 2.39. The van der Waals surface area contributed by atoms with Gasteiger partial charge in [0.05, 0.1) is 24.1 Å². The Balaban J connectivity index is 2.52. The molecule has 0 spiro atoms. The molecular formula is C16H4F6O9S2. The van der Waals surface area contributed by atoms with E-state index < -0.39 is 115 Å². The average molecular weight is 518 g/mol. The quantitative estimate of drug-likeness (QED) is 0.227. The summed E-state index contributed by atoms with van der Waals surface area (Å²) >= 11 is -1.24. The maximum Gasteiger partial charge on any atom is 0.339 e. The van der Waals surface area contributed by atoms with Gasteiger partial charge >= 0.3 is 23.9 Å². The van der Waals surface area contributed by atoms with E-state index in [1.807, 2.05) is 0 Å². The molecule has 4 N–H and O–H groups in total. The first kappa shape index (κ1) is 25.8. The Morgan fingerprint density at radius 1 is 0.485 bits per heavy atom. The van der Waals surface area contributed by atoms with Gasteiger partial charge in [0.25, 0.3) is 0 Å². The number of halogens is 6. The third kappa shape index (κ3) is 4.55. The zero-order valence-corrected chi connectivity index (χ0v) is 16.5. The molecule has 0 atom stereocenters. The fourth-order valence-electron chi connectivity index (χ4n) is 2.31. The maximum atomic E-state index is 14.3. The molecular weight excluding hydrogens is 514 g/mol. The third-order valence-electron chi connectivity index (χ3n) is 3.65. The topological polar surface area (TPSA) is 158 Å². The zero-order valence-electron chi connectivity index (χ0n) is 14.9. The van der Waals surface area contributed by atoms with Gasteiger partial charge in [0.2, 0.25) is 0 Å². The van der Waals surface area contributed by atoms with Crippen molar-refractivity contribution in [3.05, 3.63) is 57.2 Å². The van der Waals surface area contributed by atoms with Crippen LogP contribution < -0.4 is 0 Å². The van der Waals surface area contributed by atoms with Gasteiger partial charge in [-0.05, 0) is 0 Å². The summed E-state index contributed by atoms with van der Waals surface area (Å²) in [7, 11) is 0. The number of rotatable bonds is 8. The van der Waals surface area contributed by atoms with Gasteiger partial charge in [-0.2, -0.15) is 0 Å². The molecule has 176 valence electrons. The standard InChI is InChI=1S/C16H4F6O9S2/c17-5-1(13(23)24)3(15(27)28)7(19)11(9(5)21)32-31-33-12-8(20)4(16(29)30)2(14(25)26)6(18)10(12)22/h(H,23,24)(H,25,26)(H,27,28)(H,29,30). The van der Waals surface area contributed by atoms with Crippen molar-refractivity contribution < 1.29 is 69.6 Å². The first-order valence-corrected chi connectivity index (χ1v) is 9.07. The van der Waals surface area contributed by atoms with Gasteiger partial charge in [0, 0.05) is 0 Å². The first-order chi connectivity index (χ1) is 15.2. The Morgan fingerprint density at radius 3 is 0.970 bits per heavy atom. The number of carbonyl (C=O) groups is 4. The van der Waals surface area contributed by atoms with Crippen LogP contribution in [-0.2, 0) is 3.63 Å². The van der Waals surface area contributed by atoms with Gasteiger partial charge in [0.15, 0.2) is 34.9 Å². The summed E-state index contributed by atoms with van der Waals surface area (Å²) in [5.41, 5.74) is -7.38. The van der Waals surface area contributed by atoms with Crippen LogP contribution in [0.15, 0.2) is 9.79 Å². The Bertz CT molecular complexity index is 1140. The molecule has 0 aliphatic rings. The lowest BCUT2D eigenvalue weighted by atomic mass is 10.1. The van der Waals surface area contributed by atoms with Crippen molar-refractivity contribution in [1.82, 2.24) is 0 Å². The van der Waals surface area contributed by atoms with Crippen LogP contribution in [0.1, 0.15) is 41.4 Å². The van der Waals surface area contributed by atoms with Crippen LogP contribution in [0.5, 0.6) is 0 Å². The van der Waals surface area contributed by atoms with E-state index in [-0.39, 0.29) is 0 Å². The van der Waals surface area contributed by atoms with Crippen LogP contribution in [-0.4, -0.2) is 44.3 Å². The highest BCUT2D eigenvalue weighted by molar-refractivity contribution is 8.08. The molecule has 2 aromatic rings. The molecule has 0 saturated carbocycles. The second kappa shape index (κ2) is 9.59. The minimum atomic E-state index is -2.34. The molecule has 2 rings (SSSR count). The van der Waals surface area contributed by atoms with E-state index in [1.165, 1.54) is 0 Å². The highest BCUT2D eigenvalue weighted by atomic mass is 32.2. The first-order valence-electron chi connectivity index (χ1n) is 7.59. The van der Waals surface area contributed by atoms with Crippen molar-refractivity contribution in [2.45, 2.75) is 9.79 Å². The molecule has 2 aromatic carbocycles. The number of carboxylic acid groups (broad SMARTS) is 4. The summed E-state index contributed by atoms with van der Waals surface area (Å²) in [5, 5.41) is 35.4. The highest BCUT2D eigenvalue weighted by Gasteiger charge is 2.35. The van der Waals surface area contributed by atoms with Crippen LogP contribution in [0.4, 0.5) is 26.3 Å². The molecule has 17 heteroatoms. The van der Waals surface area contributed by atoms with Crippen LogP contribution in [0.2, 0.25) is 0 Å². The van der Waals surface area contributed by atoms with Gasteiger partial charge in [-0.25, -0.2) is 49.1 Å². The van der Waals surface area contributed by atoms with Crippen molar-refractivity contribution in [2.24, 2.45) is 0 Å². The van der Waals surface area contributed by atoms with E-state index in [9.17, 15) is 45.5 Å². The van der Waals surface area contributed by atoms with E-state index >= 15 is 0 Å². The van der Waals surface area contributed by atoms with Crippen molar-refractivity contribution in [3.8, 4) is 0 Å². The van der Waals surface area contributed by atoms with E-state index in [1.54, 1.807) is 0 Å². The monoisotopic (exact) mass is 518 g/mol. The second-order valence-corrected chi connectivity index (χ2v) is 7.19. The van der Waals surface area contributed by atoms with Gasteiger partial charge in [-0.1, -0.05) is 0 Å². The molecule has 0 aromatic heterocycles. The largest absolute Gasteiger partial charge is 0.478 e. The van der Waals surface area contributed by atoms with Gasteiger partial charge in [-0.3, -0.25) is 0 Å². The third-order valence-corrected chi connectivity index (χ3v) is 5.25. The predicted molar refractivity (Wildman–Crippen MR) is 93.3 cm³/mol. The Morgan fingerprint density at radius 2 is 0.727 bits per heavy atom. The molecule has 0 radical (unpaired) electrons. The number of benzene rings is 2. The smallest absolute Gasteiger partial charge is 0.339 e. The lowest BCUT2D eigenvalue weighted by molar-refractivity contribution is 0.0640. The van der Waals surface area contributed by atoms with E-state index in [4.69, 9.17) is 20.4 Å². The van der Waals surface area contributed by atoms with E-state index in [0.717, 1.165) is 0 Å². The molecule has 9 nitrogen and oxygen atoms in total. The molecule has 0 heterocycles. The molecule has 0 saturated heterocycles. The van der Waals surface area contributed by atoms with Crippen molar-refractivity contribution in [3.63, 3.8) is 0 Å². The summed E-state index contributed by atoms with van der Waals surface area (Å²) in [5.74, 6) is -22.8. The summed E-state index contributed by atoms with van der Waals surface area (Å²) in [6.45, 7) is 0. The Labute approximate surface area is 185 Å². The number of aromatic carboxylic acids is 4. The lowest BCUT2D eigenvalue weighted by Crippen LogP contribution is -2.16. The van der Waals surface area contributed by atoms with E-state index in [2.05, 4.69) is 3.63 Å². The summed E-state index contributed by atoms with van der Waals surface area (Å²) in [6.07, 6.45) is 0. The minimum Gasteiger partial charge on any atom is -0.478 e. The van der Waals surface area contributed by atoms with Gasteiger partial charge in [-0.15, -0.1) is 0 Å². The zero-order chi connectivity index (χ0) is 25.4. The van der Waals surface area contributed by atoms with Crippen molar-refractivity contribution in [1.29, 1.82) is 0 Å². The average Bonchev–Trinajstić information content (AvgIpc) is 2.70. The minimum absolute atomic E-state index is 0.620. The van der Waals surface area contributed by atoms with Crippen LogP contribution in [0.3, 0.4) is 0 Å². The number of hydrogen-bond acceptors (Lipinski definition) is 7. The van der Waals surface area contributed by atoms with E-state index in [0.29, 0.717) is 0 Å². The lowest BCUT2D eigenvalue weighted by Gasteiger charge is -2.12. The fourth-order valence-corrected chi connectivity index (χ4v) is 3.67. The SMILES string of the molecule is O=C(O)c1c(F)c(F)c(SOSc2c(F)c(F)c(C(=O)O)c(C(=O)O)c2F)c(F)c1C(=O)O. The Hall–Kier alpha value is -3.44. The van der Waals surface area contributed by atoms with Crippen molar-refractivity contribution >= 4 is 48.0 Å². The van der Waals surface area contributed by atoms with Crippen LogP contribution >= 0.6 is 24.1 Å². The summed E-state index contributed by atoms with van der Waals surface area (Å²) < 4.78 is 89.1.